The Morgan fingerprint density at radius 2 is 1.65 bits per heavy atom. The van der Waals surface area contributed by atoms with E-state index in [1.165, 1.54) is 6.42 Å². The average Bonchev–Trinajstić information content (AvgIpc) is 2.87. The van der Waals surface area contributed by atoms with Crippen LogP contribution in [0.3, 0.4) is 0 Å². The summed E-state index contributed by atoms with van der Waals surface area (Å²) in [6.45, 7) is 2.82. The van der Waals surface area contributed by atoms with Crippen LogP contribution in [0.4, 0.5) is 0 Å². The Morgan fingerprint density at radius 1 is 0.912 bits per heavy atom. The number of nitrogens with zero attached hydrogens (tertiary/aromatic N) is 2. The molecule has 2 amide bonds. The molecule has 1 saturated carbocycles. The molecule has 4 rings (SSSR count). The summed E-state index contributed by atoms with van der Waals surface area (Å²) in [5.41, 5.74) is 1.58. The van der Waals surface area contributed by atoms with Crippen molar-refractivity contribution in [3.05, 3.63) is 53.6 Å². The number of ether oxygens (including phenoxy) is 3. The standard InChI is InChI=1S/C27H34N2O5/c1-4-34-23-15-14-19(16-24(23)33-3)26-27(31)28(21-11-6-5-7-12-21)18-25(30)29(26)17-20-10-8-9-13-22(20)32-2/h8-10,13-16,21,26H,4-7,11-12,17-18H2,1-3H3. The van der Waals surface area contributed by atoms with Gasteiger partial charge in [-0.15, -0.1) is 0 Å². The third-order valence-electron chi connectivity index (χ3n) is 6.81. The topological polar surface area (TPSA) is 68.3 Å². The molecule has 0 radical (unpaired) electrons. The van der Waals surface area contributed by atoms with Crippen molar-refractivity contribution in [1.82, 2.24) is 9.80 Å². The van der Waals surface area contributed by atoms with Crippen LogP contribution in [0.25, 0.3) is 0 Å². The third-order valence-corrected chi connectivity index (χ3v) is 6.81. The number of carbonyl (C=O) groups excluding carboxylic acids is 2. The predicted octanol–water partition coefficient (Wildman–Crippen LogP) is 4.35. The van der Waals surface area contributed by atoms with Gasteiger partial charge in [0.05, 0.1) is 27.4 Å². The Hall–Kier alpha value is -3.22. The summed E-state index contributed by atoms with van der Waals surface area (Å²) in [5.74, 6) is 1.76. The maximum absolute atomic E-state index is 14.0. The van der Waals surface area contributed by atoms with Crippen LogP contribution in [-0.2, 0) is 16.1 Å². The van der Waals surface area contributed by atoms with Crippen molar-refractivity contribution in [2.75, 3.05) is 27.4 Å². The molecule has 0 spiro atoms. The summed E-state index contributed by atoms with van der Waals surface area (Å²) in [7, 11) is 3.19. The Morgan fingerprint density at radius 3 is 2.35 bits per heavy atom. The maximum atomic E-state index is 14.0. The molecule has 1 aliphatic heterocycles. The number of carbonyl (C=O) groups is 2. The first-order valence-corrected chi connectivity index (χ1v) is 12.1. The molecular weight excluding hydrogens is 432 g/mol. The fourth-order valence-electron chi connectivity index (χ4n) is 5.10. The van der Waals surface area contributed by atoms with E-state index >= 15 is 0 Å². The molecule has 1 unspecified atom stereocenters. The molecule has 2 fully saturated rings. The second-order valence-corrected chi connectivity index (χ2v) is 8.84. The number of hydrogen-bond acceptors (Lipinski definition) is 5. The zero-order chi connectivity index (χ0) is 24.1. The van der Waals surface area contributed by atoms with Gasteiger partial charge in [0, 0.05) is 11.6 Å². The summed E-state index contributed by atoms with van der Waals surface area (Å²) in [6, 6.07) is 12.5. The van der Waals surface area contributed by atoms with E-state index in [0.717, 1.165) is 31.2 Å². The predicted molar refractivity (Wildman–Crippen MR) is 129 cm³/mol. The van der Waals surface area contributed by atoms with Crippen LogP contribution in [0.5, 0.6) is 17.2 Å². The minimum absolute atomic E-state index is 0.0346. The Kier molecular flexibility index (Phi) is 7.60. The molecule has 1 aliphatic carbocycles. The first-order valence-electron chi connectivity index (χ1n) is 12.1. The van der Waals surface area contributed by atoms with Crippen LogP contribution in [0.2, 0.25) is 0 Å². The highest BCUT2D eigenvalue weighted by molar-refractivity contribution is 5.96. The van der Waals surface area contributed by atoms with Crippen molar-refractivity contribution in [1.29, 1.82) is 0 Å². The number of para-hydroxylation sites is 1. The van der Waals surface area contributed by atoms with Crippen molar-refractivity contribution in [3.8, 4) is 17.2 Å². The molecule has 0 aromatic heterocycles. The number of methoxy groups -OCH3 is 2. The van der Waals surface area contributed by atoms with E-state index in [2.05, 4.69) is 0 Å². The molecule has 182 valence electrons. The van der Waals surface area contributed by atoms with Gasteiger partial charge >= 0.3 is 0 Å². The molecule has 34 heavy (non-hydrogen) atoms. The molecule has 7 nitrogen and oxygen atoms in total. The van der Waals surface area contributed by atoms with Gasteiger partial charge in [-0.3, -0.25) is 9.59 Å². The highest BCUT2D eigenvalue weighted by Crippen LogP contribution is 2.38. The van der Waals surface area contributed by atoms with E-state index < -0.39 is 6.04 Å². The van der Waals surface area contributed by atoms with Gasteiger partial charge in [0.15, 0.2) is 11.5 Å². The number of amides is 2. The van der Waals surface area contributed by atoms with Gasteiger partial charge in [-0.2, -0.15) is 0 Å². The van der Waals surface area contributed by atoms with Gasteiger partial charge in [0.1, 0.15) is 18.3 Å². The van der Waals surface area contributed by atoms with Crippen molar-refractivity contribution in [2.45, 2.75) is 57.7 Å². The van der Waals surface area contributed by atoms with Gasteiger partial charge in [-0.1, -0.05) is 43.5 Å². The molecule has 1 heterocycles. The van der Waals surface area contributed by atoms with E-state index in [1.54, 1.807) is 19.1 Å². The Labute approximate surface area is 201 Å². The molecule has 2 aliphatic rings. The van der Waals surface area contributed by atoms with Crippen molar-refractivity contribution in [3.63, 3.8) is 0 Å². The van der Waals surface area contributed by atoms with Crippen molar-refractivity contribution < 1.29 is 23.8 Å². The average molecular weight is 467 g/mol. The van der Waals surface area contributed by atoms with Gasteiger partial charge in [0.2, 0.25) is 5.91 Å². The first kappa shape index (κ1) is 23.9. The van der Waals surface area contributed by atoms with E-state index in [0.29, 0.717) is 29.4 Å². The van der Waals surface area contributed by atoms with Crippen molar-refractivity contribution in [2.24, 2.45) is 0 Å². The quantitative estimate of drug-likeness (QED) is 0.579. The van der Waals surface area contributed by atoms with E-state index in [1.807, 2.05) is 54.3 Å². The van der Waals surface area contributed by atoms with Crippen LogP contribution in [0.1, 0.15) is 56.2 Å². The SMILES string of the molecule is CCOc1ccc(C2C(=O)N(C3CCCCC3)CC(=O)N2Cc2ccccc2OC)cc1OC. The zero-order valence-corrected chi connectivity index (χ0v) is 20.3. The first-order chi connectivity index (χ1) is 16.6. The lowest BCUT2D eigenvalue weighted by Gasteiger charge is -2.44. The van der Waals surface area contributed by atoms with Gasteiger partial charge in [-0.25, -0.2) is 0 Å². The lowest BCUT2D eigenvalue weighted by Crippen LogP contribution is -2.58. The normalized spacial score (nSPS) is 19.3. The molecule has 1 saturated heterocycles. The molecule has 0 bridgehead atoms. The van der Waals surface area contributed by atoms with Gasteiger partial charge in [0.25, 0.3) is 5.91 Å². The molecule has 2 aromatic carbocycles. The molecule has 0 N–H and O–H groups in total. The molecule has 2 aromatic rings. The highest BCUT2D eigenvalue weighted by Gasteiger charge is 2.43. The largest absolute Gasteiger partial charge is 0.496 e. The second-order valence-electron chi connectivity index (χ2n) is 8.84. The summed E-state index contributed by atoms with van der Waals surface area (Å²) in [4.78, 5) is 31.0. The van der Waals surface area contributed by atoms with E-state index in [-0.39, 0.29) is 30.9 Å². The van der Waals surface area contributed by atoms with Crippen LogP contribution in [0, 0.1) is 0 Å². The van der Waals surface area contributed by atoms with Crippen LogP contribution in [-0.4, -0.2) is 55.0 Å². The Bertz CT molecular complexity index is 1020. The summed E-state index contributed by atoms with van der Waals surface area (Å²) in [6.07, 6.45) is 5.27. The Balaban J connectivity index is 1.73. The minimum Gasteiger partial charge on any atom is -0.496 e. The smallest absolute Gasteiger partial charge is 0.250 e. The summed E-state index contributed by atoms with van der Waals surface area (Å²) in [5, 5.41) is 0. The zero-order valence-electron chi connectivity index (χ0n) is 20.3. The lowest BCUT2D eigenvalue weighted by atomic mass is 9.91. The monoisotopic (exact) mass is 466 g/mol. The maximum Gasteiger partial charge on any atom is 0.250 e. The number of piperazine rings is 1. The molecule has 7 heteroatoms. The van der Waals surface area contributed by atoms with E-state index in [4.69, 9.17) is 14.2 Å². The van der Waals surface area contributed by atoms with Crippen LogP contribution in [0.15, 0.2) is 42.5 Å². The van der Waals surface area contributed by atoms with Crippen LogP contribution < -0.4 is 14.2 Å². The number of benzene rings is 2. The van der Waals surface area contributed by atoms with Crippen molar-refractivity contribution >= 4 is 11.8 Å². The van der Waals surface area contributed by atoms with Crippen LogP contribution >= 0.6 is 0 Å². The fourth-order valence-corrected chi connectivity index (χ4v) is 5.10. The minimum atomic E-state index is -0.738. The summed E-state index contributed by atoms with van der Waals surface area (Å²) < 4.78 is 16.7. The highest BCUT2D eigenvalue weighted by atomic mass is 16.5. The fraction of sp³-hybridized carbons (Fsp3) is 0.481. The van der Waals surface area contributed by atoms with Gasteiger partial charge < -0.3 is 24.0 Å². The molecule has 1 atom stereocenters. The lowest BCUT2D eigenvalue weighted by molar-refractivity contribution is -0.160. The molecular formula is C27H34N2O5. The van der Waals surface area contributed by atoms with Gasteiger partial charge in [-0.05, 0) is 43.5 Å². The van der Waals surface area contributed by atoms with E-state index in [9.17, 15) is 9.59 Å². The number of hydrogen-bond donors (Lipinski definition) is 0. The summed E-state index contributed by atoms with van der Waals surface area (Å²) >= 11 is 0. The second kappa shape index (κ2) is 10.8. The number of rotatable bonds is 8. The third kappa shape index (κ3) is 4.83.